The van der Waals surface area contributed by atoms with E-state index < -0.39 is 0 Å². The summed E-state index contributed by atoms with van der Waals surface area (Å²) in [6.45, 7) is 11.0. The molecule has 0 saturated carbocycles. The minimum absolute atomic E-state index is 0.176. The Morgan fingerprint density at radius 3 is 2.60 bits per heavy atom. The highest BCUT2D eigenvalue weighted by molar-refractivity contribution is 7.99. The van der Waals surface area contributed by atoms with Gasteiger partial charge in [-0.15, -0.1) is 10.2 Å². The Balaban J connectivity index is 1.62. The van der Waals surface area contributed by atoms with E-state index in [2.05, 4.69) is 54.1 Å². The van der Waals surface area contributed by atoms with Crippen molar-refractivity contribution in [1.82, 2.24) is 24.6 Å². The number of carbonyl (C=O) groups is 1. The molecule has 1 amide bonds. The van der Waals surface area contributed by atoms with Crippen molar-refractivity contribution in [2.75, 3.05) is 38.5 Å². The second-order valence-electron chi connectivity index (χ2n) is 6.36. The molecular formula is C18H25N5OS. The second kappa shape index (κ2) is 8.01. The van der Waals surface area contributed by atoms with Gasteiger partial charge in [0, 0.05) is 31.9 Å². The number of aromatic nitrogens is 3. The van der Waals surface area contributed by atoms with E-state index in [9.17, 15) is 4.79 Å². The number of carbonyl (C=O) groups excluding carboxylic acids is 1. The zero-order valence-corrected chi connectivity index (χ0v) is 15.9. The fourth-order valence-corrected chi connectivity index (χ4v) is 3.74. The van der Waals surface area contributed by atoms with Crippen molar-refractivity contribution in [3.63, 3.8) is 0 Å². The molecule has 0 unspecified atom stereocenters. The SMILES string of the molecule is CCN1CCN(C(=O)CSc2nncn2-c2ccc(C)c(C)c2)CC1. The molecule has 0 radical (unpaired) electrons. The molecule has 134 valence electrons. The Bertz CT molecular complexity index is 737. The second-order valence-corrected chi connectivity index (χ2v) is 7.30. The van der Waals surface area contributed by atoms with Crippen molar-refractivity contribution in [2.24, 2.45) is 0 Å². The first-order chi connectivity index (χ1) is 12.1. The van der Waals surface area contributed by atoms with Gasteiger partial charge in [-0.1, -0.05) is 24.8 Å². The van der Waals surface area contributed by atoms with Crippen LogP contribution in [0.25, 0.3) is 5.69 Å². The molecule has 1 aliphatic rings. The third-order valence-corrected chi connectivity index (χ3v) is 5.71. The molecule has 1 saturated heterocycles. The Kier molecular flexibility index (Phi) is 5.75. The van der Waals surface area contributed by atoms with Crippen LogP contribution in [0.1, 0.15) is 18.1 Å². The summed E-state index contributed by atoms with van der Waals surface area (Å²) in [5.74, 6) is 0.575. The molecule has 0 spiro atoms. The quantitative estimate of drug-likeness (QED) is 0.766. The summed E-state index contributed by atoms with van der Waals surface area (Å²) in [7, 11) is 0. The molecule has 25 heavy (non-hydrogen) atoms. The zero-order chi connectivity index (χ0) is 17.8. The van der Waals surface area contributed by atoms with Gasteiger partial charge in [-0.05, 0) is 43.7 Å². The summed E-state index contributed by atoms with van der Waals surface area (Å²) >= 11 is 1.45. The van der Waals surface area contributed by atoms with Crippen LogP contribution in [0.2, 0.25) is 0 Å². The third kappa shape index (κ3) is 4.22. The lowest BCUT2D eigenvalue weighted by atomic mass is 10.1. The van der Waals surface area contributed by atoms with Gasteiger partial charge < -0.3 is 9.80 Å². The average Bonchev–Trinajstić information content (AvgIpc) is 3.10. The van der Waals surface area contributed by atoms with Crippen LogP contribution in [0, 0.1) is 13.8 Å². The van der Waals surface area contributed by atoms with Crippen molar-refractivity contribution in [3.8, 4) is 5.69 Å². The minimum Gasteiger partial charge on any atom is -0.339 e. The van der Waals surface area contributed by atoms with Crippen molar-refractivity contribution < 1.29 is 4.79 Å². The normalized spacial score (nSPS) is 15.6. The highest BCUT2D eigenvalue weighted by Crippen LogP contribution is 2.21. The highest BCUT2D eigenvalue weighted by Gasteiger charge is 2.21. The lowest BCUT2D eigenvalue weighted by Crippen LogP contribution is -2.49. The molecule has 1 aromatic heterocycles. The number of likely N-dealkylation sites (N-methyl/N-ethyl adjacent to an activating group) is 1. The maximum Gasteiger partial charge on any atom is 0.233 e. The Labute approximate surface area is 153 Å². The summed E-state index contributed by atoms with van der Waals surface area (Å²) in [5, 5.41) is 8.96. The van der Waals surface area contributed by atoms with E-state index in [1.165, 1.54) is 22.9 Å². The number of nitrogens with zero attached hydrogens (tertiary/aromatic N) is 5. The van der Waals surface area contributed by atoms with E-state index in [0.717, 1.165) is 43.6 Å². The van der Waals surface area contributed by atoms with Gasteiger partial charge in [-0.2, -0.15) is 0 Å². The molecule has 2 heterocycles. The van der Waals surface area contributed by atoms with Gasteiger partial charge in [0.25, 0.3) is 0 Å². The van der Waals surface area contributed by atoms with Crippen LogP contribution in [-0.2, 0) is 4.79 Å². The molecule has 0 aliphatic carbocycles. The van der Waals surface area contributed by atoms with E-state index in [4.69, 9.17) is 0 Å². The number of hydrogen-bond donors (Lipinski definition) is 0. The van der Waals surface area contributed by atoms with Gasteiger partial charge in [0.1, 0.15) is 6.33 Å². The van der Waals surface area contributed by atoms with Crippen LogP contribution < -0.4 is 0 Å². The van der Waals surface area contributed by atoms with Crippen LogP contribution in [0.15, 0.2) is 29.7 Å². The van der Waals surface area contributed by atoms with Crippen LogP contribution in [0.4, 0.5) is 0 Å². The van der Waals surface area contributed by atoms with Crippen LogP contribution in [0.3, 0.4) is 0 Å². The monoisotopic (exact) mass is 359 g/mol. The van der Waals surface area contributed by atoms with Gasteiger partial charge in [0.15, 0.2) is 5.16 Å². The highest BCUT2D eigenvalue weighted by atomic mass is 32.2. The largest absolute Gasteiger partial charge is 0.339 e. The van der Waals surface area contributed by atoms with E-state index in [0.29, 0.717) is 5.75 Å². The molecule has 0 atom stereocenters. The molecule has 1 fully saturated rings. The van der Waals surface area contributed by atoms with E-state index in [1.807, 2.05) is 9.47 Å². The standard InChI is InChI=1S/C18H25N5OS/c1-4-21-7-9-22(10-8-21)17(24)12-25-18-20-19-13-23(18)16-6-5-14(2)15(3)11-16/h5-6,11,13H,4,7-10,12H2,1-3H3. The smallest absolute Gasteiger partial charge is 0.233 e. The summed E-state index contributed by atoms with van der Waals surface area (Å²) in [5.41, 5.74) is 3.51. The fourth-order valence-electron chi connectivity index (χ4n) is 2.91. The topological polar surface area (TPSA) is 54.3 Å². The first kappa shape index (κ1) is 17.9. The maximum absolute atomic E-state index is 12.5. The summed E-state index contributed by atoms with van der Waals surface area (Å²) in [6, 6.07) is 6.27. The minimum atomic E-state index is 0.176. The number of rotatable bonds is 5. The van der Waals surface area contributed by atoms with Gasteiger partial charge in [0.05, 0.1) is 5.75 Å². The lowest BCUT2D eigenvalue weighted by molar-refractivity contribution is -0.130. The Morgan fingerprint density at radius 1 is 1.16 bits per heavy atom. The van der Waals surface area contributed by atoms with Crippen LogP contribution >= 0.6 is 11.8 Å². The Morgan fingerprint density at radius 2 is 1.92 bits per heavy atom. The van der Waals surface area contributed by atoms with Crippen molar-refractivity contribution >= 4 is 17.7 Å². The predicted molar refractivity (Wildman–Crippen MR) is 100 cm³/mol. The number of thioether (sulfide) groups is 1. The average molecular weight is 359 g/mol. The molecule has 0 bridgehead atoms. The number of hydrogen-bond acceptors (Lipinski definition) is 5. The molecule has 3 rings (SSSR count). The molecule has 1 aliphatic heterocycles. The number of aryl methyl sites for hydroxylation is 2. The van der Waals surface area contributed by atoms with Gasteiger partial charge in [-0.3, -0.25) is 9.36 Å². The molecular weight excluding hydrogens is 334 g/mol. The van der Waals surface area contributed by atoms with Crippen LogP contribution in [0.5, 0.6) is 0 Å². The molecule has 6 nitrogen and oxygen atoms in total. The predicted octanol–water partition coefficient (Wildman–Crippen LogP) is 2.14. The van der Waals surface area contributed by atoms with Crippen molar-refractivity contribution in [3.05, 3.63) is 35.7 Å². The van der Waals surface area contributed by atoms with E-state index in [-0.39, 0.29) is 5.91 Å². The number of piperazine rings is 1. The summed E-state index contributed by atoms with van der Waals surface area (Å²) < 4.78 is 1.94. The zero-order valence-electron chi connectivity index (χ0n) is 15.1. The molecule has 1 aromatic carbocycles. The first-order valence-corrected chi connectivity index (χ1v) is 9.67. The molecule has 0 N–H and O–H groups in total. The summed E-state index contributed by atoms with van der Waals surface area (Å²) in [4.78, 5) is 16.8. The van der Waals surface area contributed by atoms with Gasteiger partial charge >= 0.3 is 0 Å². The van der Waals surface area contributed by atoms with E-state index >= 15 is 0 Å². The fraction of sp³-hybridized carbons (Fsp3) is 0.500. The summed E-state index contributed by atoms with van der Waals surface area (Å²) in [6.07, 6.45) is 1.71. The maximum atomic E-state index is 12.5. The van der Waals surface area contributed by atoms with E-state index in [1.54, 1.807) is 6.33 Å². The van der Waals surface area contributed by atoms with Crippen LogP contribution in [-0.4, -0.2) is 68.9 Å². The molecule has 2 aromatic rings. The third-order valence-electron chi connectivity index (χ3n) is 4.78. The lowest BCUT2D eigenvalue weighted by Gasteiger charge is -2.34. The van der Waals surface area contributed by atoms with Crippen molar-refractivity contribution in [2.45, 2.75) is 25.9 Å². The number of benzene rings is 1. The van der Waals surface area contributed by atoms with Crippen molar-refractivity contribution in [1.29, 1.82) is 0 Å². The van der Waals surface area contributed by atoms with Gasteiger partial charge in [0.2, 0.25) is 5.91 Å². The van der Waals surface area contributed by atoms with Gasteiger partial charge in [-0.25, -0.2) is 0 Å². The number of amides is 1. The Hall–Kier alpha value is -1.86. The first-order valence-electron chi connectivity index (χ1n) is 8.69. The molecule has 7 heteroatoms.